The minimum atomic E-state index is -0.430. The molecule has 0 aromatic carbocycles. The Morgan fingerprint density at radius 3 is 2.57 bits per heavy atom. The summed E-state index contributed by atoms with van der Waals surface area (Å²) in [6.07, 6.45) is 6.04. The van der Waals surface area contributed by atoms with Gasteiger partial charge in [0.15, 0.2) is 0 Å². The fourth-order valence-electron chi connectivity index (χ4n) is 3.39. The van der Waals surface area contributed by atoms with Crippen LogP contribution in [0.4, 0.5) is 4.79 Å². The van der Waals surface area contributed by atoms with Gasteiger partial charge in [-0.1, -0.05) is 6.42 Å². The molecule has 3 atom stereocenters. The van der Waals surface area contributed by atoms with E-state index in [1.54, 1.807) is 0 Å². The van der Waals surface area contributed by atoms with Crippen LogP contribution in [0.15, 0.2) is 0 Å². The van der Waals surface area contributed by atoms with E-state index in [4.69, 9.17) is 4.74 Å². The van der Waals surface area contributed by atoms with E-state index in [9.17, 15) is 4.79 Å². The first-order chi connectivity index (χ1) is 10.8. The first kappa shape index (κ1) is 18.5. The van der Waals surface area contributed by atoms with Crippen LogP contribution < -0.4 is 10.6 Å². The van der Waals surface area contributed by atoms with Gasteiger partial charge in [-0.15, -0.1) is 0 Å². The molecule has 3 unspecified atom stereocenters. The fraction of sp³-hybridized carbons (Fsp3) is 0.944. The Bertz CT molecular complexity index is 390. The smallest absolute Gasteiger partial charge is 0.407 e. The van der Waals surface area contributed by atoms with Crippen molar-refractivity contribution in [2.45, 2.75) is 83.5 Å². The molecule has 1 amide bonds. The summed E-state index contributed by atoms with van der Waals surface area (Å²) in [6, 6.07) is 1.89. The molecule has 2 aliphatic rings. The normalized spacial score (nSPS) is 26.3. The lowest BCUT2D eigenvalue weighted by Crippen LogP contribution is -2.46. The van der Waals surface area contributed by atoms with Crippen LogP contribution in [0.5, 0.6) is 0 Å². The van der Waals surface area contributed by atoms with Gasteiger partial charge >= 0.3 is 6.09 Å². The second-order valence-electron chi connectivity index (χ2n) is 8.33. The molecule has 0 saturated heterocycles. The van der Waals surface area contributed by atoms with Crippen LogP contribution in [-0.2, 0) is 4.74 Å². The highest BCUT2D eigenvalue weighted by atomic mass is 16.6. The van der Waals surface area contributed by atoms with Gasteiger partial charge in [-0.3, -0.25) is 4.90 Å². The van der Waals surface area contributed by atoms with Crippen molar-refractivity contribution in [1.29, 1.82) is 0 Å². The van der Waals surface area contributed by atoms with E-state index < -0.39 is 5.60 Å². The molecule has 0 spiro atoms. The van der Waals surface area contributed by atoms with Crippen LogP contribution in [0, 0.1) is 5.92 Å². The highest BCUT2D eigenvalue weighted by Crippen LogP contribution is 2.28. The monoisotopic (exact) mass is 325 g/mol. The number of nitrogens with zero attached hydrogens (tertiary/aromatic N) is 1. The van der Waals surface area contributed by atoms with Crippen molar-refractivity contribution in [1.82, 2.24) is 15.5 Å². The Hall–Kier alpha value is -0.810. The Balaban J connectivity index is 1.69. The van der Waals surface area contributed by atoms with Crippen molar-refractivity contribution in [3.05, 3.63) is 0 Å². The van der Waals surface area contributed by atoms with E-state index in [2.05, 4.69) is 29.5 Å². The number of hydrogen-bond donors (Lipinski definition) is 2. The Morgan fingerprint density at radius 1 is 1.26 bits per heavy atom. The molecular weight excluding hydrogens is 290 g/mol. The zero-order valence-corrected chi connectivity index (χ0v) is 15.5. The van der Waals surface area contributed by atoms with Crippen molar-refractivity contribution in [2.24, 2.45) is 5.92 Å². The number of nitrogens with one attached hydrogen (secondary N) is 2. The van der Waals surface area contributed by atoms with Crippen LogP contribution in [0.1, 0.15) is 59.8 Å². The lowest BCUT2D eigenvalue weighted by molar-refractivity contribution is 0.0517. The van der Waals surface area contributed by atoms with E-state index in [-0.39, 0.29) is 6.09 Å². The van der Waals surface area contributed by atoms with E-state index in [0.29, 0.717) is 24.5 Å². The molecule has 0 aliphatic heterocycles. The molecule has 0 aromatic rings. The maximum absolute atomic E-state index is 11.8. The summed E-state index contributed by atoms with van der Waals surface area (Å²) in [7, 11) is 2.24. The van der Waals surface area contributed by atoms with Crippen LogP contribution in [0.3, 0.4) is 0 Å². The minimum absolute atomic E-state index is 0.301. The van der Waals surface area contributed by atoms with E-state index in [0.717, 1.165) is 12.6 Å². The van der Waals surface area contributed by atoms with Crippen LogP contribution >= 0.6 is 0 Å². The van der Waals surface area contributed by atoms with Gasteiger partial charge in [0, 0.05) is 31.2 Å². The molecule has 2 N–H and O–H groups in total. The van der Waals surface area contributed by atoms with Crippen LogP contribution in [0.2, 0.25) is 0 Å². The van der Waals surface area contributed by atoms with Crippen LogP contribution in [0.25, 0.3) is 0 Å². The van der Waals surface area contributed by atoms with Crippen molar-refractivity contribution >= 4 is 6.09 Å². The van der Waals surface area contributed by atoms with Gasteiger partial charge in [0.25, 0.3) is 0 Å². The topological polar surface area (TPSA) is 53.6 Å². The molecule has 2 fully saturated rings. The van der Waals surface area contributed by atoms with Crippen molar-refractivity contribution in [2.75, 3.05) is 20.1 Å². The number of ether oxygens (including phenoxy) is 1. The molecule has 5 nitrogen and oxygen atoms in total. The predicted octanol–water partition coefficient (Wildman–Crippen LogP) is 2.75. The Kier molecular flexibility index (Phi) is 6.32. The van der Waals surface area contributed by atoms with Crippen molar-refractivity contribution in [3.63, 3.8) is 0 Å². The molecule has 134 valence electrons. The molecule has 0 bridgehead atoms. The number of carbonyl (C=O) groups excluding carboxylic acids is 1. The van der Waals surface area contributed by atoms with Gasteiger partial charge in [-0.2, -0.15) is 0 Å². The molecule has 23 heavy (non-hydrogen) atoms. The Morgan fingerprint density at radius 2 is 1.96 bits per heavy atom. The molecule has 2 rings (SSSR count). The van der Waals surface area contributed by atoms with E-state index >= 15 is 0 Å². The summed E-state index contributed by atoms with van der Waals surface area (Å²) in [5.74, 6) is 0.515. The number of carbonyl (C=O) groups is 1. The van der Waals surface area contributed by atoms with E-state index in [1.807, 2.05) is 20.8 Å². The lowest BCUT2D eigenvalue weighted by Gasteiger charge is -2.28. The molecule has 2 saturated carbocycles. The maximum atomic E-state index is 11.8. The number of amides is 1. The summed E-state index contributed by atoms with van der Waals surface area (Å²) in [5.41, 5.74) is -0.430. The zero-order valence-electron chi connectivity index (χ0n) is 15.5. The van der Waals surface area contributed by atoms with Gasteiger partial charge in [0.05, 0.1) is 0 Å². The SMILES string of the molecule is CC(CNC1CCCC1CNC(=O)OC(C)(C)C)N(C)C1CC1. The highest BCUT2D eigenvalue weighted by Gasteiger charge is 2.31. The lowest BCUT2D eigenvalue weighted by atomic mass is 10.0. The largest absolute Gasteiger partial charge is 0.444 e. The highest BCUT2D eigenvalue weighted by molar-refractivity contribution is 5.67. The molecule has 0 radical (unpaired) electrons. The summed E-state index contributed by atoms with van der Waals surface area (Å²) < 4.78 is 5.32. The Labute approximate surface area is 141 Å². The third-order valence-electron chi connectivity index (χ3n) is 5.06. The molecule has 0 aromatic heterocycles. The van der Waals surface area contributed by atoms with Crippen LogP contribution in [-0.4, -0.2) is 54.9 Å². The van der Waals surface area contributed by atoms with E-state index in [1.165, 1.54) is 32.1 Å². The van der Waals surface area contributed by atoms with Crippen molar-refractivity contribution in [3.8, 4) is 0 Å². The second-order valence-corrected chi connectivity index (χ2v) is 8.33. The molecule has 0 heterocycles. The number of rotatable bonds is 7. The van der Waals surface area contributed by atoms with Gasteiger partial charge in [0.1, 0.15) is 5.60 Å². The third kappa shape index (κ3) is 6.30. The summed E-state index contributed by atoms with van der Waals surface area (Å²) in [4.78, 5) is 14.3. The average Bonchev–Trinajstić information content (AvgIpc) is 3.20. The maximum Gasteiger partial charge on any atom is 0.407 e. The number of alkyl carbamates (subject to hydrolysis) is 1. The molecule has 2 aliphatic carbocycles. The standard InChI is InChI=1S/C18H35N3O2/c1-13(21(5)15-9-10-15)11-19-16-8-6-7-14(16)12-20-17(22)23-18(2,3)4/h13-16,19H,6-12H2,1-5H3,(H,20,22). The first-order valence-electron chi connectivity index (χ1n) is 9.18. The quantitative estimate of drug-likeness (QED) is 0.756. The minimum Gasteiger partial charge on any atom is -0.444 e. The zero-order chi connectivity index (χ0) is 17.0. The fourth-order valence-corrected chi connectivity index (χ4v) is 3.39. The summed E-state index contributed by atoms with van der Waals surface area (Å²) >= 11 is 0. The van der Waals surface area contributed by atoms with Gasteiger partial charge in [-0.05, 0) is 66.3 Å². The number of likely N-dealkylation sites (N-methyl/N-ethyl adjacent to an activating group) is 1. The van der Waals surface area contributed by atoms with Crippen molar-refractivity contribution < 1.29 is 9.53 Å². The third-order valence-corrected chi connectivity index (χ3v) is 5.06. The second kappa shape index (κ2) is 7.84. The van der Waals surface area contributed by atoms with Gasteiger partial charge < -0.3 is 15.4 Å². The van der Waals surface area contributed by atoms with Gasteiger partial charge in [-0.25, -0.2) is 4.79 Å². The first-order valence-corrected chi connectivity index (χ1v) is 9.18. The molecule has 5 heteroatoms. The number of hydrogen-bond acceptors (Lipinski definition) is 4. The van der Waals surface area contributed by atoms with Gasteiger partial charge in [0.2, 0.25) is 0 Å². The summed E-state index contributed by atoms with van der Waals surface area (Å²) in [6.45, 7) is 9.72. The molecular formula is C18H35N3O2. The summed E-state index contributed by atoms with van der Waals surface area (Å²) in [5, 5.41) is 6.67. The average molecular weight is 325 g/mol. The predicted molar refractivity (Wildman–Crippen MR) is 93.6 cm³/mol.